The van der Waals surface area contributed by atoms with Gasteiger partial charge in [-0.2, -0.15) is 0 Å². The first-order chi connectivity index (χ1) is 12.0. The number of nitrogens with one attached hydrogen (secondary N) is 1. The summed E-state index contributed by atoms with van der Waals surface area (Å²) in [5, 5.41) is 0. The molecule has 0 radical (unpaired) electrons. The van der Waals surface area contributed by atoms with Gasteiger partial charge in [-0.05, 0) is 31.6 Å². The maximum Gasteiger partial charge on any atom is 0.263 e. The molecule has 1 aliphatic carbocycles. The van der Waals surface area contributed by atoms with E-state index in [0.29, 0.717) is 25.0 Å². The first-order valence-electron chi connectivity index (χ1n) is 10.3. The van der Waals surface area contributed by atoms with Gasteiger partial charge in [0.1, 0.15) is 6.04 Å². The van der Waals surface area contributed by atoms with Crippen LogP contribution in [0.25, 0.3) is 0 Å². The van der Waals surface area contributed by atoms with Gasteiger partial charge in [-0.25, -0.2) is 5.48 Å². The van der Waals surface area contributed by atoms with Gasteiger partial charge in [0.05, 0.1) is 12.7 Å². The minimum atomic E-state index is -0.702. The molecular weight excluding hydrogens is 316 g/mol. The number of carbonyl (C=O) groups excluding carboxylic acids is 1. The van der Waals surface area contributed by atoms with Crippen molar-refractivity contribution in [3.8, 4) is 0 Å². The number of rotatable bonds is 8. The molecule has 5 nitrogen and oxygen atoms in total. The highest BCUT2D eigenvalue weighted by molar-refractivity contribution is 5.81. The highest BCUT2D eigenvalue weighted by Gasteiger charge is 2.22. The van der Waals surface area contributed by atoms with Crippen LogP contribution in [0.4, 0.5) is 0 Å². The van der Waals surface area contributed by atoms with E-state index < -0.39 is 6.04 Å². The summed E-state index contributed by atoms with van der Waals surface area (Å²) in [4.78, 5) is 17.6. The van der Waals surface area contributed by atoms with Crippen molar-refractivity contribution in [1.29, 1.82) is 0 Å². The molecule has 0 saturated heterocycles. The number of ether oxygens (including phenoxy) is 1. The van der Waals surface area contributed by atoms with Crippen LogP contribution in [-0.2, 0) is 14.4 Å². The van der Waals surface area contributed by atoms with Crippen LogP contribution in [0.3, 0.4) is 0 Å². The predicted molar refractivity (Wildman–Crippen MR) is 102 cm³/mol. The minimum absolute atomic E-state index is 0.298. The van der Waals surface area contributed by atoms with E-state index in [-0.39, 0.29) is 12.0 Å². The maximum absolute atomic E-state index is 12.1. The van der Waals surface area contributed by atoms with Crippen LogP contribution in [0.5, 0.6) is 0 Å². The number of amides is 1. The lowest BCUT2D eigenvalue weighted by molar-refractivity contribution is -0.139. The molecule has 2 atom stereocenters. The Morgan fingerprint density at radius 2 is 1.52 bits per heavy atom. The highest BCUT2D eigenvalue weighted by atomic mass is 16.7. The molecule has 0 aromatic heterocycles. The molecule has 0 heterocycles. The molecule has 1 rings (SSSR count). The van der Waals surface area contributed by atoms with Crippen molar-refractivity contribution in [3.63, 3.8) is 0 Å². The monoisotopic (exact) mass is 356 g/mol. The molecule has 0 aromatic carbocycles. The molecule has 0 aliphatic heterocycles. The zero-order valence-corrected chi connectivity index (χ0v) is 16.6. The molecule has 2 unspecified atom stereocenters. The number of hydrogen-bond donors (Lipinski definition) is 2. The molecule has 5 heteroatoms. The summed E-state index contributed by atoms with van der Waals surface area (Å²) >= 11 is 0. The van der Waals surface area contributed by atoms with Gasteiger partial charge in [-0.3, -0.25) is 9.63 Å². The van der Waals surface area contributed by atoms with E-state index >= 15 is 0 Å². The van der Waals surface area contributed by atoms with Crippen molar-refractivity contribution in [1.82, 2.24) is 5.48 Å². The summed E-state index contributed by atoms with van der Waals surface area (Å²) in [5.74, 6) is 0.655. The van der Waals surface area contributed by atoms with E-state index in [0.717, 1.165) is 0 Å². The Labute approximate surface area is 154 Å². The quantitative estimate of drug-likeness (QED) is 0.646. The third-order valence-corrected chi connectivity index (χ3v) is 4.97. The first-order valence-corrected chi connectivity index (χ1v) is 10.3. The van der Waals surface area contributed by atoms with E-state index in [4.69, 9.17) is 15.3 Å². The molecule has 1 fully saturated rings. The molecule has 1 saturated carbocycles. The predicted octanol–water partition coefficient (Wildman–Crippen LogP) is 3.95. The van der Waals surface area contributed by atoms with E-state index in [1.807, 2.05) is 6.92 Å². The smallest absolute Gasteiger partial charge is 0.263 e. The molecule has 3 N–H and O–H groups in total. The van der Waals surface area contributed by atoms with Crippen molar-refractivity contribution in [3.05, 3.63) is 0 Å². The number of nitrogens with two attached hydrogens (primary N) is 1. The maximum atomic E-state index is 12.1. The second-order valence-electron chi connectivity index (χ2n) is 8.01. The normalized spacial score (nSPS) is 20.7. The van der Waals surface area contributed by atoms with Gasteiger partial charge in [-0.1, -0.05) is 65.2 Å². The van der Waals surface area contributed by atoms with E-state index in [1.54, 1.807) is 0 Å². The average Bonchev–Trinajstić information content (AvgIpc) is 2.64. The van der Waals surface area contributed by atoms with Gasteiger partial charge in [0.25, 0.3) is 5.91 Å². The lowest BCUT2D eigenvalue weighted by Crippen LogP contribution is -2.48. The Kier molecular flexibility index (Phi) is 12.1. The molecule has 0 spiro atoms. The molecule has 0 bridgehead atoms. The average molecular weight is 357 g/mol. The lowest BCUT2D eigenvalue weighted by Gasteiger charge is -2.22. The van der Waals surface area contributed by atoms with Gasteiger partial charge in [0.15, 0.2) is 0 Å². The lowest BCUT2D eigenvalue weighted by atomic mass is 9.96. The molecule has 148 valence electrons. The standard InChI is InChI=1S/C20H40N2O3/c1-16(2)14-24-17(3)19(21)20(23)22-25-15-18-12-10-8-6-4-5-7-9-11-13-18/h16-19H,4-15,21H2,1-3H3,(H,22,23). The molecular formula is C20H40N2O3. The van der Waals surface area contributed by atoms with Crippen LogP contribution < -0.4 is 11.2 Å². The van der Waals surface area contributed by atoms with Crippen molar-refractivity contribution < 1.29 is 14.4 Å². The fourth-order valence-corrected chi connectivity index (χ4v) is 3.20. The van der Waals surface area contributed by atoms with Gasteiger partial charge in [0.2, 0.25) is 0 Å². The third-order valence-electron chi connectivity index (χ3n) is 4.97. The largest absolute Gasteiger partial charge is 0.376 e. The number of hydroxylamine groups is 1. The summed E-state index contributed by atoms with van der Waals surface area (Å²) in [6, 6.07) is -0.702. The fourth-order valence-electron chi connectivity index (χ4n) is 3.20. The zero-order chi connectivity index (χ0) is 18.5. The fraction of sp³-hybridized carbons (Fsp3) is 0.950. The summed E-state index contributed by atoms with van der Waals surface area (Å²) in [7, 11) is 0. The van der Waals surface area contributed by atoms with E-state index in [1.165, 1.54) is 64.2 Å². The second-order valence-corrected chi connectivity index (χ2v) is 8.01. The van der Waals surface area contributed by atoms with Crippen molar-refractivity contribution >= 4 is 5.91 Å². The summed E-state index contributed by atoms with van der Waals surface area (Å²) in [6.45, 7) is 7.16. The molecule has 1 amide bonds. The summed E-state index contributed by atoms with van der Waals surface area (Å²) in [6.07, 6.45) is 12.7. The Morgan fingerprint density at radius 1 is 1.00 bits per heavy atom. The van der Waals surface area contributed by atoms with Crippen LogP contribution in [-0.4, -0.2) is 31.3 Å². The first kappa shape index (κ1) is 22.4. The number of hydrogen-bond acceptors (Lipinski definition) is 4. The van der Waals surface area contributed by atoms with Gasteiger partial charge in [-0.15, -0.1) is 0 Å². The Hall–Kier alpha value is -0.650. The van der Waals surface area contributed by atoms with Crippen LogP contribution in [0.1, 0.15) is 85.0 Å². The van der Waals surface area contributed by atoms with Crippen LogP contribution in [0, 0.1) is 11.8 Å². The highest BCUT2D eigenvalue weighted by Crippen LogP contribution is 2.21. The van der Waals surface area contributed by atoms with Gasteiger partial charge in [0, 0.05) is 6.61 Å². The van der Waals surface area contributed by atoms with E-state index in [2.05, 4.69) is 19.3 Å². The third kappa shape index (κ3) is 10.8. The van der Waals surface area contributed by atoms with E-state index in [9.17, 15) is 4.79 Å². The van der Waals surface area contributed by atoms with Gasteiger partial charge < -0.3 is 10.5 Å². The van der Waals surface area contributed by atoms with Crippen molar-refractivity contribution in [2.75, 3.05) is 13.2 Å². The van der Waals surface area contributed by atoms with Gasteiger partial charge >= 0.3 is 0 Å². The van der Waals surface area contributed by atoms with Crippen LogP contribution in [0.15, 0.2) is 0 Å². The Balaban J connectivity index is 2.26. The number of carbonyl (C=O) groups is 1. The van der Waals surface area contributed by atoms with Crippen molar-refractivity contribution in [2.45, 2.75) is 97.1 Å². The SMILES string of the molecule is CC(C)COC(C)C(N)C(=O)NOCC1CCCCCCCCCC1. The Morgan fingerprint density at radius 3 is 2.04 bits per heavy atom. The van der Waals surface area contributed by atoms with Crippen LogP contribution >= 0.6 is 0 Å². The van der Waals surface area contributed by atoms with Crippen molar-refractivity contribution in [2.24, 2.45) is 17.6 Å². The molecule has 25 heavy (non-hydrogen) atoms. The van der Waals surface area contributed by atoms with Crippen LogP contribution in [0.2, 0.25) is 0 Å². The summed E-state index contributed by atoms with van der Waals surface area (Å²) < 4.78 is 5.61. The zero-order valence-electron chi connectivity index (χ0n) is 16.6. The minimum Gasteiger partial charge on any atom is -0.376 e. The summed E-state index contributed by atoms with van der Waals surface area (Å²) in [5.41, 5.74) is 8.48. The second kappa shape index (κ2) is 13.5. The topological polar surface area (TPSA) is 73.6 Å². The Bertz CT molecular complexity index is 338. The molecule has 1 aliphatic rings. The molecule has 0 aromatic rings.